The summed E-state index contributed by atoms with van der Waals surface area (Å²) in [7, 11) is 0. The number of amides is 2. The Bertz CT molecular complexity index is 914. The number of aryl methyl sites for hydroxylation is 1. The number of rotatable bonds is 8. The fourth-order valence-corrected chi connectivity index (χ4v) is 3.89. The third-order valence-corrected chi connectivity index (χ3v) is 6.04. The van der Waals surface area contributed by atoms with Crippen LogP contribution < -0.4 is 5.32 Å². The lowest BCUT2D eigenvalue weighted by atomic mass is 10.00. The van der Waals surface area contributed by atoms with Gasteiger partial charge in [-0.15, -0.1) is 0 Å². The van der Waals surface area contributed by atoms with Crippen LogP contribution in [0.4, 0.5) is 0 Å². The smallest absolute Gasteiger partial charge is 0.242 e. The molecule has 1 atom stereocenters. The lowest BCUT2D eigenvalue weighted by molar-refractivity contribution is -0.141. The van der Waals surface area contributed by atoms with Crippen molar-refractivity contribution >= 4 is 35.0 Å². The van der Waals surface area contributed by atoms with Crippen LogP contribution in [-0.4, -0.2) is 28.3 Å². The molecule has 0 saturated heterocycles. The van der Waals surface area contributed by atoms with Crippen molar-refractivity contribution in [3.8, 4) is 0 Å². The van der Waals surface area contributed by atoms with Crippen LogP contribution in [0.25, 0.3) is 0 Å². The van der Waals surface area contributed by atoms with Gasteiger partial charge in [0.05, 0.1) is 0 Å². The molecule has 6 heteroatoms. The van der Waals surface area contributed by atoms with Gasteiger partial charge in [0.15, 0.2) is 0 Å². The van der Waals surface area contributed by atoms with Crippen LogP contribution in [0.15, 0.2) is 42.5 Å². The molecular formula is C26H34Cl2N2O2. The topological polar surface area (TPSA) is 49.4 Å². The van der Waals surface area contributed by atoms with E-state index in [0.29, 0.717) is 27.9 Å². The Morgan fingerprint density at radius 1 is 0.969 bits per heavy atom. The van der Waals surface area contributed by atoms with E-state index >= 15 is 0 Å². The number of hydrogen-bond acceptors (Lipinski definition) is 2. The van der Waals surface area contributed by atoms with Crippen LogP contribution in [0.3, 0.4) is 0 Å². The SMILES string of the molecule is CC(C)c1ccc(CCC(=O)N(Cc2c(Cl)cccc2Cl)[C@@H](C)C(=O)NC(C)(C)C)cc1. The first-order chi connectivity index (χ1) is 14.9. The first-order valence-corrected chi connectivity index (χ1v) is 11.8. The maximum absolute atomic E-state index is 13.3. The molecule has 1 N–H and O–H groups in total. The normalized spacial score (nSPS) is 12.5. The molecule has 0 aliphatic rings. The molecule has 0 fully saturated rings. The first kappa shape index (κ1) is 26.2. The van der Waals surface area contributed by atoms with Gasteiger partial charge in [0.1, 0.15) is 6.04 Å². The number of benzene rings is 2. The van der Waals surface area contributed by atoms with E-state index < -0.39 is 11.6 Å². The van der Waals surface area contributed by atoms with E-state index in [1.807, 2.05) is 20.8 Å². The lowest BCUT2D eigenvalue weighted by Gasteiger charge is -2.32. The molecule has 0 aliphatic carbocycles. The van der Waals surface area contributed by atoms with Crippen LogP contribution in [0, 0.1) is 0 Å². The molecule has 0 bridgehead atoms. The van der Waals surface area contributed by atoms with E-state index in [1.54, 1.807) is 30.0 Å². The molecule has 0 saturated carbocycles. The van der Waals surface area contributed by atoms with Crippen molar-refractivity contribution in [3.05, 3.63) is 69.2 Å². The highest BCUT2D eigenvalue weighted by atomic mass is 35.5. The van der Waals surface area contributed by atoms with Crippen molar-refractivity contribution in [2.45, 2.75) is 78.4 Å². The van der Waals surface area contributed by atoms with E-state index in [9.17, 15) is 9.59 Å². The Morgan fingerprint density at radius 2 is 1.53 bits per heavy atom. The summed E-state index contributed by atoms with van der Waals surface area (Å²) in [4.78, 5) is 27.7. The van der Waals surface area contributed by atoms with Crippen molar-refractivity contribution in [2.75, 3.05) is 0 Å². The molecule has 32 heavy (non-hydrogen) atoms. The zero-order chi connectivity index (χ0) is 24.1. The summed E-state index contributed by atoms with van der Waals surface area (Å²) >= 11 is 12.7. The van der Waals surface area contributed by atoms with Crippen LogP contribution in [-0.2, 0) is 22.6 Å². The minimum absolute atomic E-state index is 0.120. The van der Waals surface area contributed by atoms with Crippen LogP contribution in [0.5, 0.6) is 0 Å². The third-order valence-electron chi connectivity index (χ3n) is 5.33. The Morgan fingerprint density at radius 3 is 2.03 bits per heavy atom. The molecule has 0 aromatic heterocycles. The molecule has 2 amide bonds. The van der Waals surface area contributed by atoms with Crippen molar-refractivity contribution < 1.29 is 9.59 Å². The van der Waals surface area contributed by atoms with Crippen LogP contribution in [0.1, 0.15) is 70.6 Å². The summed E-state index contributed by atoms with van der Waals surface area (Å²) in [6.45, 7) is 11.9. The predicted octanol–water partition coefficient (Wildman–Crippen LogP) is 6.38. The molecule has 2 aromatic rings. The van der Waals surface area contributed by atoms with Gasteiger partial charge in [0, 0.05) is 34.1 Å². The van der Waals surface area contributed by atoms with Crippen LogP contribution >= 0.6 is 23.2 Å². The molecule has 0 unspecified atom stereocenters. The summed E-state index contributed by atoms with van der Waals surface area (Å²) in [5.41, 5.74) is 2.59. The molecule has 4 nitrogen and oxygen atoms in total. The second-order valence-electron chi connectivity index (χ2n) is 9.53. The number of nitrogens with one attached hydrogen (secondary N) is 1. The van der Waals surface area contributed by atoms with Crippen molar-refractivity contribution in [1.82, 2.24) is 10.2 Å². The van der Waals surface area contributed by atoms with Gasteiger partial charge >= 0.3 is 0 Å². The number of hydrogen-bond donors (Lipinski definition) is 1. The largest absolute Gasteiger partial charge is 0.350 e. The number of halogens is 2. The first-order valence-electron chi connectivity index (χ1n) is 11.0. The zero-order valence-corrected chi connectivity index (χ0v) is 21.3. The summed E-state index contributed by atoms with van der Waals surface area (Å²) in [6, 6.07) is 12.9. The molecule has 0 heterocycles. The van der Waals surface area contributed by atoms with Gasteiger partial charge in [0.25, 0.3) is 0 Å². The van der Waals surface area contributed by atoms with Gasteiger partial charge in [0.2, 0.25) is 11.8 Å². The van der Waals surface area contributed by atoms with Gasteiger partial charge in [-0.25, -0.2) is 0 Å². The van der Waals surface area contributed by atoms with Gasteiger partial charge in [-0.2, -0.15) is 0 Å². The van der Waals surface area contributed by atoms with Gasteiger partial charge in [-0.1, -0.05) is 67.4 Å². The Labute approximate surface area is 202 Å². The van der Waals surface area contributed by atoms with E-state index in [1.165, 1.54) is 5.56 Å². The van der Waals surface area contributed by atoms with E-state index in [0.717, 1.165) is 5.56 Å². The number of carbonyl (C=O) groups excluding carboxylic acids is 2. The number of nitrogens with zero attached hydrogens (tertiary/aromatic N) is 1. The maximum Gasteiger partial charge on any atom is 0.242 e. The van der Waals surface area contributed by atoms with Crippen molar-refractivity contribution in [3.63, 3.8) is 0 Å². The molecule has 174 valence electrons. The van der Waals surface area contributed by atoms with Crippen molar-refractivity contribution in [1.29, 1.82) is 0 Å². The highest BCUT2D eigenvalue weighted by Crippen LogP contribution is 2.27. The minimum Gasteiger partial charge on any atom is -0.350 e. The van der Waals surface area contributed by atoms with Gasteiger partial charge < -0.3 is 10.2 Å². The highest BCUT2D eigenvalue weighted by Gasteiger charge is 2.29. The van der Waals surface area contributed by atoms with Crippen LogP contribution in [0.2, 0.25) is 10.0 Å². The average Bonchev–Trinajstić information content (AvgIpc) is 2.70. The predicted molar refractivity (Wildman–Crippen MR) is 133 cm³/mol. The molecule has 0 aliphatic heterocycles. The second kappa shape index (κ2) is 11.2. The Balaban J connectivity index is 2.22. The van der Waals surface area contributed by atoms with E-state index in [4.69, 9.17) is 23.2 Å². The third kappa shape index (κ3) is 7.53. The fourth-order valence-electron chi connectivity index (χ4n) is 3.37. The molecular weight excluding hydrogens is 443 g/mol. The molecule has 2 aromatic carbocycles. The zero-order valence-electron chi connectivity index (χ0n) is 19.8. The Hall–Kier alpha value is -2.04. The van der Waals surface area contributed by atoms with Gasteiger partial charge in [-0.3, -0.25) is 9.59 Å². The average molecular weight is 477 g/mol. The van der Waals surface area contributed by atoms with Crippen molar-refractivity contribution in [2.24, 2.45) is 0 Å². The Kier molecular flexibility index (Phi) is 9.18. The fraction of sp³-hybridized carbons (Fsp3) is 0.462. The summed E-state index contributed by atoms with van der Waals surface area (Å²) in [6.07, 6.45) is 0.883. The lowest BCUT2D eigenvalue weighted by Crippen LogP contribution is -2.52. The quantitative estimate of drug-likeness (QED) is 0.480. The summed E-state index contributed by atoms with van der Waals surface area (Å²) in [5, 5.41) is 3.91. The second-order valence-corrected chi connectivity index (χ2v) is 10.3. The highest BCUT2D eigenvalue weighted by molar-refractivity contribution is 6.36. The minimum atomic E-state index is -0.669. The monoisotopic (exact) mass is 476 g/mol. The van der Waals surface area contributed by atoms with Gasteiger partial charge in [-0.05, 0) is 63.3 Å². The van der Waals surface area contributed by atoms with E-state index in [2.05, 4.69) is 43.4 Å². The summed E-state index contributed by atoms with van der Waals surface area (Å²) < 4.78 is 0. The number of carbonyl (C=O) groups is 2. The standard InChI is InChI=1S/C26H34Cl2N2O2/c1-17(2)20-13-10-19(11-14-20)12-15-24(31)30(18(3)25(32)29-26(4,5)6)16-21-22(27)8-7-9-23(21)28/h7-11,13-14,17-18H,12,15-16H2,1-6H3,(H,29,32)/t18-/m0/s1. The van der Waals surface area contributed by atoms with E-state index in [-0.39, 0.29) is 24.8 Å². The molecule has 0 spiro atoms. The summed E-state index contributed by atoms with van der Waals surface area (Å²) in [5.74, 6) is 0.129. The maximum atomic E-state index is 13.3. The molecule has 2 rings (SSSR count). The molecule has 0 radical (unpaired) electrons.